The number of rotatable bonds is 5. The van der Waals surface area contributed by atoms with Gasteiger partial charge in [0, 0.05) is 19.0 Å². The Bertz CT molecular complexity index is 799. The van der Waals surface area contributed by atoms with Crippen LogP contribution < -0.4 is 4.74 Å². The molecule has 7 nitrogen and oxygen atoms in total. The topological polar surface area (TPSA) is 77.7 Å². The summed E-state index contributed by atoms with van der Waals surface area (Å²) in [4.78, 5) is 22.7. The predicted octanol–water partition coefficient (Wildman–Crippen LogP) is 2.78. The molecule has 1 unspecified atom stereocenters. The third-order valence-corrected chi connectivity index (χ3v) is 5.41. The standard InChI is InChI=1S/C20H25N3O4/c1-14-10-17(15(2)27-14)18(24)23-12-20(13-23)11-16(5-9-26-20)4-8-25-19-21-6-3-7-22-19/h3,6-7,10,16H,4-5,8-9,11-13H2,1-2H3. The molecule has 27 heavy (non-hydrogen) atoms. The monoisotopic (exact) mass is 371 g/mol. The van der Waals surface area contributed by atoms with Crippen LogP contribution in [0.5, 0.6) is 6.01 Å². The van der Waals surface area contributed by atoms with Gasteiger partial charge in [0.25, 0.3) is 5.91 Å². The molecule has 2 fully saturated rings. The number of hydrogen-bond donors (Lipinski definition) is 0. The molecule has 2 aliphatic heterocycles. The van der Waals surface area contributed by atoms with Crippen LogP contribution in [0, 0.1) is 19.8 Å². The summed E-state index contributed by atoms with van der Waals surface area (Å²) >= 11 is 0. The average molecular weight is 371 g/mol. The lowest BCUT2D eigenvalue weighted by molar-refractivity contribution is -0.166. The van der Waals surface area contributed by atoms with Gasteiger partial charge in [-0.1, -0.05) is 0 Å². The maximum absolute atomic E-state index is 12.7. The zero-order valence-corrected chi connectivity index (χ0v) is 15.8. The molecule has 2 aliphatic rings. The van der Waals surface area contributed by atoms with Crippen LogP contribution in [0.1, 0.15) is 41.1 Å². The van der Waals surface area contributed by atoms with Gasteiger partial charge in [0.2, 0.25) is 0 Å². The summed E-state index contributed by atoms with van der Waals surface area (Å²) in [7, 11) is 0. The van der Waals surface area contributed by atoms with E-state index in [0.717, 1.165) is 31.6 Å². The van der Waals surface area contributed by atoms with Gasteiger partial charge in [-0.05, 0) is 51.2 Å². The van der Waals surface area contributed by atoms with Gasteiger partial charge in [-0.2, -0.15) is 0 Å². The van der Waals surface area contributed by atoms with Crippen molar-refractivity contribution in [1.29, 1.82) is 0 Å². The Morgan fingerprint density at radius 2 is 2.11 bits per heavy atom. The minimum atomic E-state index is -0.200. The molecule has 0 radical (unpaired) electrons. The Kier molecular flexibility index (Phi) is 4.86. The summed E-state index contributed by atoms with van der Waals surface area (Å²) in [5.74, 6) is 2.01. The highest BCUT2D eigenvalue weighted by Gasteiger charge is 2.49. The van der Waals surface area contributed by atoms with Crippen LogP contribution >= 0.6 is 0 Å². The number of carbonyl (C=O) groups excluding carboxylic acids is 1. The molecule has 144 valence electrons. The third-order valence-electron chi connectivity index (χ3n) is 5.41. The van der Waals surface area contributed by atoms with Crippen molar-refractivity contribution in [2.24, 2.45) is 5.92 Å². The number of amides is 1. The Morgan fingerprint density at radius 3 is 2.81 bits per heavy atom. The molecule has 0 saturated carbocycles. The lowest BCUT2D eigenvalue weighted by Crippen LogP contribution is -2.66. The van der Waals surface area contributed by atoms with E-state index in [-0.39, 0.29) is 11.5 Å². The van der Waals surface area contributed by atoms with Crippen LogP contribution in [0.15, 0.2) is 28.9 Å². The quantitative estimate of drug-likeness (QED) is 0.804. The summed E-state index contributed by atoms with van der Waals surface area (Å²) in [5.41, 5.74) is 0.458. The van der Waals surface area contributed by atoms with Crippen molar-refractivity contribution in [1.82, 2.24) is 14.9 Å². The summed E-state index contributed by atoms with van der Waals surface area (Å²) in [6.07, 6.45) is 6.27. The van der Waals surface area contributed by atoms with Gasteiger partial charge < -0.3 is 18.8 Å². The first-order valence-corrected chi connectivity index (χ1v) is 9.45. The summed E-state index contributed by atoms with van der Waals surface area (Å²) in [6, 6.07) is 4.01. The van der Waals surface area contributed by atoms with Crippen LogP contribution in [0.25, 0.3) is 0 Å². The van der Waals surface area contributed by atoms with Crippen LogP contribution in [-0.4, -0.2) is 52.7 Å². The fourth-order valence-electron chi connectivity index (χ4n) is 4.08. The minimum absolute atomic E-state index is 0.0326. The Labute approximate surface area is 158 Å². The Morgan fingerprint density at radius 1 is 1.33 bits per heavy atom. The molecule has 0 N–H and O–H groups in total. The number of hydrogen-bond acceptors (Lipinski definition) is 6. The molecule has 2 aromatic heterocycles. The smallest absolute Gasteiger partial charge is 0.316 e. The Balaban J connectivity index is 1.28. The fraction of sp³-hybridized carbons (Fsp3) is 0.550. The molecule has 1 spiro atoms. The number of likely N-dealkylation sites (tertiary alicyclic amines) is 1. The molecular weight excluding hydrogens is 346 g/mol. The number of ether oxygens (including phenoxy) is 2. The predicted molar refractivity (Wildman–Crippen MR) is 97.6 cm³/mol. The average Bonchev–Trinajstić information content (AvgIpc) is 2.98. The largest absolute Gasteiger partial charge is 0.466 e. The van der Waals surface area contributed by atoms with E-state index in [1.54, 1.807) is 18.5 Å². The van der Waals surface area contributed by atoms with Crippen molar-refractivity contribution in [2.45, 2.75) is 38.7 Å². The van der Waals surface area contributed by atoms with Gasteiger partial charge in [0.1, 0.15) is 17.1 Å². The van der Waals surface area contributed by atoms with Crippen molar-refractivity contribution >= 4 is 5.91 Å². The van der Waals surface area contributed by atoms with E-state index in [0.29, 0.717) is 42.9 Å². The molecule has 0 aliphatic carbocycles. The Hall–Kier alpha value is -2.41. The highest BCUT2D eigenvalue weighted by molar-refractivity contribution is 5.96. The van der Waals surface area contributed by atoms with Crippen LogP contribution in [0.2, 0.25) is 0 Å². The van der Waals surface area contributed by atoms with Gasteiger partial charge in [-0.3, -0.25) is 4.79 Å². The summed E-state index contributed by atoms with van der Waals surface area (Å²) in [5, 5.41) is 0. The summed E-state index contributed by atoms with van der Waals surface area (Å²) < 4.78 is 17.2. The lowest BCUT2D eigenvalue weighted by atomic mass is 9.79. The van der Waals surface area contributed by atoms with E-state index in [4.69, 9.17) is 13.9 Å². The van der Waals surface area contributed by atoms with E-state index >= 15 is 0 Å². The fourth-order valence-corrected chi connectivity index (χ4v) is 4.08. The molecule has 4 rings (SSSR count). The first-order valence-electron chi connectivity index (χ1n) is 9.45. The first-order chi connectivity index (χ1) is 13.0. The number of nitrogens with zero attached hydrogens (tertiary/aromatic N) is 3. The highest BCUT2D eigenvalue weighted by atomic mass is 16.5. The van der Waals surface area contributed by atoms with Crippen molar-refractivity contribution in [3.63, 3.8) is 0 Å². The highest BCUT2D eigenvalue weighted by Crippen LogP contribution is 2.39. The normalized spacial score (nSPS) is 21.1. The maximum atomic E-state index is 12.7. The zero-order valence-electron chi connectivity index (χ0n) is 15.8. The van der Waals surface area contributed by atoms with Crippen LogP contribution in [-0.2, 0) is 4.74 Å². The molecule has 1 atom stereocenters. The molecule has 2 aromatic rings. The van der Waals surface area contributed by atoms with Gasteiger partial charge in [-0.15, -0.1) is 0 Å². The third kappa shape index (κ3) is 3.83. The second kappa shape index (κ2) is 7.31. The van der Waals surface area contributed by atoms with Gasteiger partial charge in [-0.25, -0.2) is 9.97 Å². The zero-order chi connectivity index (χ0) is 18.9. The second-order valence-corrected chi connectivity index (χ2v) is 7.55. The van der Waals surface area contributed by atoms with E-state index in [1.807, 2.05) is 24.8 Å². The van der Waals surface area contributed by atoms with E-state index < -0.39 is 0 Å². The molecule has 0 bridgehead atoms. The lowest BCUT2D eigenvalue weighted by Gasteiger charge is -2.53. The van der Waals surface area contributed by atoms with Gasteiger partial charge in [0.05, 0.1) is 25.3 Å². The SMILES string of the molecule is Cc1cc(C(=O)N2CC3(CC(CCOc4ncccn4)CCO3)C2)c(C)o1. The number of aryl methyl sites for hydroxylation is 2. The molecule has 0 aromatic carbocycles. The first kappa shape index (κ1) is 18.0. The minimum Gasteiger partial charge on any atom is -0.466 e. The van der Waals surface area contributed by atoms with Crippen LogP contribution in [0.3, 0.4) is 0 Å². The maximum Gasteiger partial charge on any atom is 0.316 e. The van der Waals surface area contributed by atoms with Crippen molar-refractivity contribution < 1.29 is 18.7 Å². The van der Waals surface area contributed by atoms with Gasteiger partial charge in [0.15, 0.2) is 0 Å². The van der Waals surface area contributed by atoms with Crippen molar-refractivity contribution in [3.8, 4) is 6.01 Å². The summed E-state index contributed by atoms with van der Waals surface area (Å²) in [6.45, 7) is 6.32. The number of aromatic nitrogens is 2. The number of furan rings is 1. The number of carbonyl (C=O) groups is 1. The van der Waals surface area contributed by atoms with E-state index in [2.05, 4.69) is 9.97 Å². The molecular formula is C20H25N3O4. The molecule has 1 amide bonds. The van der Waals surface area contributed by atoms with E-state index in [9.17, 15) is 4.79 Å². The second-order valence-electron chi connectivity index (χ2n) is 7.55. The molecule has 4 heterocycles. The molecule has 7 heteroatoms. The van der Waals surface area contributed by atoms with Crippen molar-refractivity contribution in [3.05, 3.63) is 41.6 Å². The van der Waals surface area contributed by atoms with Gasteiger partial charge >= 0.3 is 6.01 Å². The van der Waals surface area contributed by atoms with Crippen molar-refractivity contribution in [2.75, 3.05) is 26.3 Å². The van der Waals surface area contributed by atoms with Crippen LogP contribution in [0.4, 0.5) is 0 Å². The molecule has 2 saturated heterocycles. The van der Waals surface area contributed by atoms with E-state index in [1.165, 1.54) is 0 Å².